The zero-order valence-corrected chi connectivity index (χ0v) is 14.5. The van der Waals surface area contributed by atoms with E-state index in [4.69, 9.17) is 25.8 Å². The Hall–Kier alpha value is -3.06. The predicted octanol–water partition coefficient (Wildman–Crippen LogP) is 3.05. The first kappa shape index (κ1) is 17.8. The quantitative estimate of drug-likeness (QED) is 0.639. The second-order valence-corrected chi connectivity index (χ2v) is 5.81. The van der Waals surface area contributed by atoms with Gasteiger partial charge in [0.15, 0.2) is 17.6 Å². The Morgan fingerprint density at radius 1 is 1.27 bits per heavy atom. The van der Waals surface area contributed by atoms with Crippen LogP contribution in [-0.2, 0) is 14.3 Å². The summed E-state index contributed by atoms with van der Waals surface area (Å²) in [6, 6.07) is 8.42. The fourth-order valence-corrected chi connectivity index (χ4v) is 2.24. The minimum absolute atomic E-state index is 0.180. The second-order valence-electron chi connectivity index (χ2n) is 5.38. The number of fused-ring (bicyclic) bond motifs is 1. The van der Waals surface area contributed by atoms with Crippen molar-refractivity contribution in [1.82, 2.24) is 4.98 Å². The topological polar surface area (TPSA) is 86.8 Å². The number of hydrogen-bond donors (Lipinski definition) is 1. The van der Waals surface area contributed by atoms with Gasteiger partial charge in [0.25, 0.3) is 5.91 Å². The molecule has 1 aromatic carbocycles. The largest absolute Gasteiger partial charge is 0.454 e. The standard InChI is InChI=1S/C18H15ClN2O5/c1-11(18(23)21-16-6-4-13(19)9-20-16)26-17(22)7-3-12-2-5-14-15(8-12)25-10-24-14/h2-9,11H,10H2,1H3,(H,20,21,23). The molecule has 0 saturated carbocycles. The van der Waals surface area contributed by atoms with E-state index in [-0.39, 0.29) is 6.79 Å². The number of anilines is 1. The number of benzene rings is 1. The van der Waals surface area contributed by atoms with Crippen molar-refractivity contribution >= 4 is 35.4 Å². The van der Waals surface area contributed by atoms with E-state index in [1.807, 2.05) is 0 Å². The molecule has 0 saturated heterocycles. The molecule has 134 valence electrons. The molecule has 1 N–H and O–H groups in total. The van der Waals surface area contributed by atoms with Gasteiger partial charge in [-0.25, -0.2) is 9.78 Å². The van der Waals surface area contributed by atoms with E-state index >= 15 is 0 Å². The van der Waals surface area contributed by atoms with Crippen LogP contribution in [-0.4, -0.2) is 29.8 Å². The van der Waals surface area contributed by atoms with Crippen molar-refractivity contribution in [3.05, 3.63) is 53.2 Å². The van der Waals surface area contributed by atoms with Gasteiger partial charge in [-0.3, -0.25) is 4.79 Å². The summed E-state index contributed by atoms with van der Waals surface area (Å²) in [4.78, 5) is 27.8. The van der Waals surface area contributed by atoms with Crippen molar-refractivity contribution in [3.63, 3.8) is 0 Å². The molecule has 1 atom stereocenters. The van der Waals surface area contributed by atoms with Crippen LogP contribution < -0.4 is 14.8 Å². The Balaban J connectivity index is 1.53. The van der Waals surface area contributed by atoms with Crippen molar-refractivity contribution in [3.8, 4) is 11.5 Å². The van der Waals surface area contributed by atoms with Crippen LogP contribution in [0.1, 0.15) is 12.5 Å². The maximum absolute atomic E-state index is 12.0. The normalized spacial score (nSPS) is 13.5. The highest BCUT2D eigenvalue weighted by molar-refractivity contribution is 6.30. The fraction of sp³-hybridized carbons (Fsp3) is 0.167. The minimum Gasteiger partial charge on any atom is -0.454 e. The number of rotatable bonds is 5. The summed E-state index contributed by atoms with van der Waals surface area (Å²) in [5, 5.41) is 2.99. The number of aromatic nitrogens is 1. The van der Waals surface area contributed by atoms with Crippen LogP contribution >= 0.6 is 11.6 Å². The van der Waals surface area contributed by atoms with Gasteiger partial charge < -0.3 is 19.5 Å². The van der Waals surface area contributed by atoms with E-state index in [1.54, 1.807) is 36.4 Å². The van der Waals surface area contributed by atoms with Gasteiger partial charge in [-0.05, 0) is 42.8 Å². The number of nitrogens with zero attached hydrogens (tertiary/aromatic N) is 1. The zero-order chi connectivity index (χ0) is 18.5. The molecular formula is C18H15ClN2O5. The molecule has 3 rings (SSSR count). The molecule has 2 heterocycles. The van der Waals surface area contributed by atoms with Gasteiger partial charge in [0, 0.05) is 12.3 Å². The lowest BCUT2D eigenvalue weighted by Crippen LogP contribution is -2.29. The SMILES string of the molecule is CC(OC(=O)C=Cc1ccc2c(c1)OCO2)C(=O)Nc1ccc(Cl)cn1. The summed E-state index contributed by atoms with van der Waals surface area (Å²) in [7, 11) is 0. The average Bonchev–Trinajstić information content (AvgIpc) is 3.09. The minimum atomic E-state index is -0.985. The first-order valence-corrected chi connectivity index (χ1v) is 8.10. The molecule has 1 amide bonds. The molecule has 1 aliphatic rings. The van der Waals surface area contributed by atoms with Crippen molar-refractivity contribution in [2.24, 2.45) is 0 Å². The highest BCUT2D eigenvalue weighted by Crippen LogP contribution is 2.32. The van der Waals surface area contributed by atoms with Gasteiger partial charge in [0.2, 0.25) is 6.79 Å². The molecule has 1 aliphatic heterocycles. The Morgan fingerprint density at radius 3 is 2.85 bits per heavy atom. The lowest BCUT2D eigenvalue weighted by atomic mass is 10.2. The molecule has 0 bridgehead atoms. The fourth-order valence-electron chi connectivity index (χ4n) is 2.13. The molecule has 0 spiro atoms. The first-order chi connectivity index (χ1) is 12.5. The highest BCUT2D eigenvalue weighted by Gasteiger charge is 2.17. The summed E-state index contributed by atoms with van der Waals surface area (Å²) in [6.45, 7) is 1.65. The molecule has 1 aromatic heterocycles. The van der Waals surface area contributed by atoms with Crippen LogP contribution in [0.25, 0.3) is 6.08 Å². The first-order valence-electron chi connectivity index (χ1n) is 7.72. The third-order valence-corrected chi connectivity index (χ3v) is 3.67. The second kappa shape index (κ2) is 7.88. The van der Waals surface area contributed by atoms with Crippen LogP contribution in [0.5, 0.6) is 11.5 Å². The Bertz CT molecular complexity index is 851. The molecule has 0 aliphatic carbocycles. The molecule has 26 heavy (non-hydrogen) atoms. The summed E-state index contributed by atoms with van der Waals surface area (Å²) in [5.74, 6) is 0.451. The van der Waals surface area contributed by atoms with E-state index in [0.717, 1.165) is 5.56 Å². The van der Waals surface area contributed by atoms with Crippen LogP contribution in [0.4, 0.5) is 5.82 Å². The maximum atomic E-state index is 12.0. The summed E-state index contributed by atoms with van der Waals surface area (Å²) in [6.07, 6.45) is 3.22. The average molecular weight is 375 g/mol. The number of carbonyl (C=O) groups is 2. The zero-order valence-electron chi connectivity index (χ0n) is 13.8. The van der Waals surface area contributed by atoms with Crippen molar-refractivity contribution < 1.29 is 23.8 Å². The van der Waals surface area contributed by atoms with Crippen LogP contribution in [0.3, 0.4) is 0 Å². The number of halogens is 1. The van der Waals surface area contributed by atoms with E-state index in [0.29, 0.717) is 22.3 Å². The van der Waals surface area contributed by atoms with Crippen LogP contribution in [0.2, 0.25) is 5.02 Å². The number of esters is 1. The van der Waals surface area contributed by atoms with Crippen molar-refractivity contribution in [1.29, 1.82) is 0 Å². The van der Waals surface area contributed by atoms with Gasteiger partial charge >= 0.3 is 5.97 Å². The van der Waals surface area contributed by atoms with Gasteiger partial charge in [-0.15, -0.1) is 0 Å². The van der Waals surface area contributed by atoms with Gasteiger partial charge in [-0.1, -0.05) is 17.7 Å². The number of amides is 1. The molecule has 7 nitrogen and oxygen atoms in total. The Kier molecular flexibility index (Phi) is 5.38. The number of hydrogen-bond acceptors (Lipinski definition) is 6. The molecule has 0 fully saturated rings. The molecule has 1 unspecified atom stereocenters. The Labute approximate surface area is 154 Å². The maximum Gasteiger partial charge on any atom is 0.331 e. The van der Waals surface area contributed by atoms with Crippen molar-refractivity contribution in [2.45, 2.75) is 13.0 Å². The van der Waals surface area contributed by atoms with Crippen LogP contribution in [0, 0.1) is 0 Å². The van der Waals surface area contributed by atoms with Gasteiger partial charge in [0.1, 0.15) is 5.82 Å². The number of ether oxygens (including phenoxy) is 3. The number of pyridine rings is 1. The van der Waals surface area contributed by atoms with E-state index in [1.165, 1.54) is 19.2 Å². The predicted molar refractivity (Wildman–Crippen MR) is 95.0 cm³/mol. The van der Waals surface area contributed by atoms with Gasteiger partial charge in [-0.2, -0.15) is 0 Å². The molecule has 2 aromatic rings. The monoisotopic (exact) mass is 374 g/mol. The van der Waals surface area contributed by atoms with Crippen molar-refractivity contribution in [2.75, 3.05) is 12.1 Å². The highest BCUT2D eigenvalue weighted by atomic mass is 35.5. The van der Waals surface area contributed by atoms with E-state index in [9.17, 15) is 9.59 Å². The molecule has 0 radical (unpaired) electrons. The van der Waals surface area contributed by atoms with E-state index in [2.05, 4.69) is 10.3 Å². The van der Waals surface area contributed by atoms with E-state index < -0.39 is 18.0 Å². The van der Waals surface area contributed by atoms with Crippen LogP contribution in [0.15, 0.2) is 42.6 Å². The number of nitrogens with one attached hydrogen (secondary N) is 1. The summed E-state index contributed by atoms with van der Waals surface area (Å²) in [5.41, 5.74) is 0.744. The summed E-state index contributed by atoms with van der Waals surface area (Å²) < 4.78 is 15.6. The number of carbonyl (C=O) groups excluding carboxylic acids is 2. The molecular weight excluding hydrogens is 360 g/mol. The Morgan fingerprint density at radius 2 is 2.08 bits per heavy atom. The lowest BCUT2D eigenvalue weighted by Gasteiger charge is -2.11. The molecule has 8 heteroatoms. The van der Waals surface area contributed by atoms with Gasteiger partial charge in [0.05, 0.1) is 5.02 Å². The third kappa shape index (κ3) is 4.52. The third-order valence-electron chi connectivity index (χ3n) is 3.45. The lowest BCUT2D eigenvalue weighted by molar-refractivity contribution is -0.148. The smallest absolute Gasteiger partial charge is 0.331 e. The summed E-state index contributed by atoms with van der Waals surface area (Å²) >= 11 is 5.73.